The monoisotopic (exact) mass is 493 g/mol. The molecule has 2 aromatic rings. The highest BCUT2D eigenvalue weighted by Crippen LogP contribution is 2.27. The Morgan fingerprint density at radius 2 is 1.85 bits per heavy atom. The van der Waals surface area contributed by atoms with Crippen LogP contribution in [0.4, 0.5) is 8.78 Å². The summed E-state index contributed by atoms with van der Waals surface area (Å²) in [6.45, 7) is -1.21. The van der Waals surface area contributed by atoms with Crippen LogP contribution in [-0.4, -0.2) is 46.6 Å². The lowest BCUT2D eigenvalue weighted by Gasteiger charge is -2.19. The Bertz CT molecular complexity index is 834. The SMILES string of the molecule is NC(=O)c1c(Cc2ccc(I)cc2F)cc(F)cc1OC[C@H](O)[C@@H](O)CO. The average Bonchev–Trinajstić information content (AvgIpc) is 2.60. The van der Waals surface area contributed by atoms with Crippen LogP contribution in [0.25, 0.3) is 0 Å². The maximum absolute atomic E-state index is 14.1. The van der Waals surface area contributed by atoms with Crippen molar-refractivity contribution in [3.63, 3.8) is 0 Å². The molecule has 0 heterocycles. The summed E-state index contributed by atoms with van der Waals surface area (Å²) >= 11 is 1.95. The first kappa shape index (κ1) is 21.5. The van der Waals surface area contributed by atoms with Gasteiger partial charge in [-0.05, 0) is 51.9 Å². The van der Waals surface area contributed by atoms with Crippen LogP contribution in [0.15, 0.2) is 30.3 Å². The van der Waals surface area contributed by atoms with Crippen molar-refractivity contribution in [2.75, 3.05) is 13.2 Å². The molecule has 1 amide bonds. The molecule has 6 nitrogen and oxygen atoms in total. The number of ether oxygens (including phenoxy) is 1. The Balaban J connectivity index is 2.37. The molecule has 0 saturated heterocycles. The highest BCUT2D eigenvalue weighted by molar-refractivity contribution is 14.1. The average molecular weight is 493 g/mol. The predicted octanol–water partition coefficient (Wildman–Crippen LogP) is 1.35. The Kier molecular flexibility index (Phi) is 7.48. The molecule has 2 aromatic carbocycles. The smallest absolute Gasteiger partial charge is 0.252 e. The van der Waals surface area contributed by atoms with Gasteiger partial charge in [0, 0.05) is 16.1 Å². The summed E-state index contributed by atoms with van der Waals surface area (Å²) in [5.41, 5.74) is 5.59. The van der Waals surface area contributed by atoms with E-state index in [9.17, 15) is 23.8 Å². The molecule has 0 aromatic heterocycles. The number of halogens is 3. The van der Waals surface area contributed by atoms with Gasteiger partial charge in [0.15, 0.2) is 0 Å². The summed E-state index contributed by atoms with van der Waals surface area (Å²) in [4.78, 5) is 11.9. The number of primary amides is 1. The van der Waals surface area contributed by atoms with Crippen molar-refractivity contribution in [1.82, 2.24) is 0 Å². The second kappa shape index (κ2) is 9.40. The van der Waals surface area contributed by atoms with Gasteiger partial charge in [-0.3, -0.25) is 4.79 Å². The molecule has 0 unspecified atom stereocenters. The minimum Gasteiger partial charge on any atom is -0.490 e. The molecule has 0 aliphatic heterocycles. The second-order valence-corrected chi connectivity index (χ2v) is 7.09. The Hall–Kier alpha value is -1.82. The van der Waals surface area contributed by atoms with E-state index in [0.717, 1.165) is 12.1 Å². The van der Waals surface area contributed by atoms with Crippen molar-refractivity contribution >= 4 is 28.5 Å². The molecule has 2 rings (SSSR count). The zero-order valence-electron chi connectivity index (χ0n) is 14.0. The molecule has 146 valence electrons. The van der Waals surface area contributed by atoms with Crippen molar-refractivity contribution in [2.45, 2.75) is 18.6 Å². The van der Waals surface area contributed by atoms with E-state index in [1.165, 1.54) is 12.1 Å². The third-order valence-electron chi connectivity index (χ3n) is 3.83. The molecular formula is C18H18F2INO5. The first-order valence-corrected chi connectivity index (χ1v) is 8.96. The zero-order valence-corrected chi connectivity index (χ0v) is 16.2. The molecule has 27 heavy (non-hydrogen) atoms. The van der Waals surface area contributed by atoms with E-state index in [4.69, 9.17) is 15.6 Å². The number of hydrogen-bond donors (Lipinski definition) is 4. The molecular weight excluding hydrogens is 475 g/mol. The minimum absolute atomic E-state index is 0.100. The van der Waals surface area contributed by atoms with Crippen molar-refractivity contribution in [3.8, 4) is 5.75 Å². The fourth-order valence-electron chi connectivity index (χ4n) is 2.45. The molecule has 0 aliphatic carbocycles. The number of carbonyl (C=O) groups is 1. The lowest BCUT2D eigenvalue weighted by molar-refractivity contribution is -0.0340. The molecule has 0 bridgehead atoms. The number of hydrogen-bond acceptors (Lipinski definition) is 5. The number of benzene rings is 2. The van der Waals surface area contributed by atoms with Crippen molar-refractivity contribution < 1.29 is 33.6 Å². The number of aliphatic hydroxyl groups excluding tert-OH is 3. The maximum Gasteiger partial charge on any atom is 0.252 e. The molecule has 2 atom stereocenters. The van der Waals surface area contributed by atoms with Crippen LogP contribution in [0.3, 0.4) is 0 Å². The summed E-state index contributed by atoms with van der Waals surface area (Å²) in [7, 11) is 0. The van der Waals surface area contributed by atoms with Crippen LogP contribution in [0, 0.1) is 15.2 Å². The largest absolute Gasteiger partial charge is 0.490 e. The van der Waals surface area contributed by atoms with Gasteiger partial charge in [0.2, 0.25) is 0 Å². The summed E-state index contributed by atoms with van der Waals surface area (Å²) < 4.78 is 34.0. The Labute approximate surface area is 167 Å². The second-order valence-electron chi connectivity index (χ2n) is 5.84. The lowest BCUT2D eigenvalue weighted by atomic mass is 9.98. The van der Waals surface area contributed by atoms with E-state index >= 15 is 0 Å². The van der Waals surface area contributed by atoms with E-state index in [1.807, 2.05) is 22.6 Å². The molecule has 0 radical (unpaired) electrons. The van der Waals surface area contributed by atoms with Crippen molar-refractivity contribution in [3.05, 3.63) is 62.2 Å². The summed E-state index contributed by atoms with van der Waals surface area (Å²) in [6, 6.07) is 6.47. The fraction of sp³-hybridized carbons (Fsp3) is 0.278. The van der Waals surface area contributed by atoms with E-state index < -0.39 is 43.0 Å². The number of rotatable bonds is 8. The third kappa shape index (κ3) is 5.58. The van der Waals surface area contributed by atoms with Gasteiger partial charge >= 0.3 is 0 Å². The maximum atomic E-state index is 14.1. The van der Waals surface area contributed by atoms with Crippen LogP contribution >= 0.6 is 22.6 Å². The van der Waals surface area contributed by atoms with Gasteiger partial charge in [0.25, 0.3) is 5.91 Å². The van der Waals surface area contributed by atoms with Crippen LogP contribution in [-0.2, 0) is 6.42 Å². The molecule has 5 N–H and O–H groups in total. The summed E-state index contributed by atoms with van der Waals surface area (Å²) in [5, 5.41) is 27.8. The van der Waals surface area contributed by atoms with Gasteiger partial charge in [0.05, 0.1) is 12.2 Å². The number of aliphatic hydroxyl groups is 3. The topological polar surface area (TPSA) is 113 Å². The van der Waals surface area contributed by atoms with Gasteiger partial charge in [-0.15, -0.1) is 0 Å². The standard InChI is InChI=1S/C18H18F2INO5/c19-11-4-10(3-9-1-2-12(21)6-13(9)20)17(18(22)26)16(5-11)27-8-15(25)14(24)7-23/h1-2,4-6,14-15,23-25H,3,7-8H2,(H2,22,26)/t14-,15-/m0/s1. The van der Waals surface area contributed by atoms with Crippen molar-refractivity contribution in [2.24, 2.45) is 5.73 Å². The number of carbonyl (C=O) groups excluding carboxylic acids is 1. The first-order valence-electron chi connectivity index (χ1n) is 7.88. The van der Waals surface area contributed by atoms with Crippen LogP contribution in [0.2, 0.25) is 0 Å². The quantitative estimate of drug-likeness (QED) is 0.415. The first-order chi connectivity index (χ1) is 12.7. The predicted molar refractivity (Wildman–Crippen MR) is 101 cm³/mol. The van der Waals surface area contributed by atoms with E-state index in [0.29, 0.717) is 3.57 Å². The highest BCUT2D eigenvalue weighted by Gasteiger charge is 2.21. The van der Waals surface area contributed by atoms with Crippen LogP contribution in [0.1, 0.15) is 21.5 Å². The van der Waals surface area contributed by atoms with E-state index in [-0.39, 0.29) is 28.9 Å². The minimum atomic E-state index is -1.46. The summed E-state index contributed by atoms with van der Waals surface area (Å²) in [5.74, 6) is -2.41. The number of nitrogens with two attached hydrogens (primary N) is 1. The van der Waals surface area contributed by atoms with Gasteiger partial charge in [0.1, 0.15) is 36.2 Å². The van der Waals surface area contributed by atoms with Crippen LogP contribution < -0.4 is 10.5 Å². The Morgan fingerprint density at radius 1 is 1.15 bits per heavy atom. The van der Waals surface area contributed by atoms with Crippen molar-refractivity contribution in [1.29, 1.82) is 0 Å². The summed E-state index contributed by atoms with van der Waals surface area (Å²) in [6.07, 6.45) is -3.02. The molecule has 0 spiro atoms. The number of amides is 1. The molecule has 0 fully saturated rings. The molecule has 0 saturated carbocycles. The van der Waals surface area contributed by atoms with Gasteiger partial charge in [-0.25, -0.2) is 8.78 Å². The molecule has 0 aliphatic rings. The zero-order chi connectivity index (χ0) is 20.1. The Morgan fingerprint density at radius 3 is 2.44 bits per heavy atom. The highest BCUT2D eigenvalue weighted by atomic mass is 127. The lowest BCUT2D eigenvalue weighted by Crippen LogP contribution is -2.34. The van der Waals surface area contributed by atoms with E-state index in [1.54, 1.807) is 6.07 Å². The van der Waals surface area contributed by atoms with Crippen LogP contribution in [0.5, 0.6) is 5.75 Å². The van der Waals surface area contributed by atoms with Gasteiger partial charge < -0.3 is 25.8 Å². The fourth-order valence-corrected chi connectivity index (χ4v) is 2.90. The third-order valence-corrected chi connectivity index (χ3v) is 4.50. The van der Waals surface area contributed by atoms with Gasteiger partial charge in [-0.2, -0.15) is 0 Å². The van der Waals surface area contributed by atoms with Gasteiger partial charge in [-0.1, -0.05) is 6.07 Å². The van der Waals surface area contributed by atoms with E-state index in [2.05, 4.69) is 0 Å². The normalized spacial score (nSPS) is 13.3. The molecule has 9 heteroatoms.